The van der Waals surface area contributed by atoms with E-state index in [0.29, 0.717) is 11.5 Å². The largest absolute Gasteiger partial charge is 0.451 e. The summed E-state index contributed by atoms with van der Waals surface area (Å²) in [7, 11) is 0. The molecule has 0 aliphatic heterocycles. The van der Waals surface area contributed by atoms with Crippen molar-refractivity contribution in [3.05, 3.63) is 35.2 Å². The maximum atomic E-state index is 13.2. The van der Waals surface area contributed by atoms with Crippen LogP contribution in [0.25, 0.3) is 11.0 Å². The number of halogens is 3. The Labute approximate surface area is 158 Å². The number of aryl methyl sites for hydroxylation is 2. The fraction of sp³-hybridized carbons (Fsp3) is 0.333. The number of carbonyl (C=O) groups is 1. The van der Waals surface area contributed by atoms with Gasteiger partial charge in [-0.25, -0.2) is 0 Å². The third-order valence-electron chi connectivity index (χ3n) is 3.96. The monoisotopic (exact) mass is 393 g/mol. The first-order valence-electron chi connectivity index (χ1n) is 8.47. The first-order valence-corrected chi connectivity index (χ1v) is 8.47. The fourth-order valence-electron chi connectivity index (χ4n) is 2.83. The molecule has 7 nitrogen and oxygen atoms in total. The van der Waals surface area contributed by atoms with Crippen molar-refractivity contribution in [2.24, 2.45) is 0 Å². The van der Waals surface area contributed by atoms with Gasteiger partial charge in [0.1, 0.15) is 5.58 Å². The van der Waals surface area contributed by atoms with E-state index in [-0.39, 0.29) is 12.5 Å². The van der Waals surface area contributed by atoms with E-state index in [1.165, 1.54) is 4.90 Å². The van der Waals surface area contributed by atoms with Crippen molar-refractivity contribution in [3.8, 4) is 0 Å². The summed E-state index contributed by atoms with van der Waals surface area (Å²) in [5.41, 5.74) is 2.59. The minimum absolute atomic E-state index is 0.235. The summed E-state index contributed by atoms with van der Waals surface area (Å²) in [4.78, 5) is 23.4. The molecule has 0 aliphatic carbocycles. The highest BCUT2D eigenvalue weighted by atomic mass is 19.4. The molecule has 1 amide bonds. The minimum atomic E-state index is -4.80. The lowest BCUT2D eigenvalue weighted by atomic mass is 10.1. The average molecular weight is 393 g/mol. The molecular weight excluding hydrogens is 375 g/mol. The summed E-state index contributed by atoms with van der Waals surface area (Å²) in [5.74, 6) is -2.46. The van der Waals surface area contributed by atoms with Gasteiger partial charge in [-0.3, -0.25) is 15.0 Å². The number of carbonyl (C=O) groups excluding carboxylic acids is 1. The number of anilines is 3. The van der Waals surface area contributed by atoms with Crippen molar-refractivity contribution in [3.63, 3.8) is 0 Å². The molecule has 2 aromatic heterocycles. The highest BCUT2D eigenvalue weighted by Crippen LogP contribution is 2.34. The van der Waals surface area contributed by atoms with Gasteiger partial charge in [0.2, 0.25) is 29.5 Å². The SMILES string of the molecule is CCN(c1nc(NC(C)=O)nc(C(F)(F)F)n1)c1cc2c(C)cc(C)cc2o1. The smallest absolute Gasteiger partial charge is 0.440 e. The van der Waals surface area contributed by atoms with Gasteiger partial charge in [-0.2, -0.15) is 28.1 Å². The summed E-state index contributed by atoms with van der Waals surface area (Å²) >= 11 is 0. The second-order valence-electron chi connectivity index (χ2n) is 6.28. The number of nitrogens with one attached hydrogen (secondary N) is 1. The van der Waals surface area contributed by atoms with Crippen LogP contribution in [0.5, 0.6) is 0 Å². The zero-order chi connectivity index (χ0) is 20.6. The third-order valence-corrected chi connectivity index (χ3v) is 3.96. The Balaban J connectivity index is 2.13. The van der Waals surface area contributed by atoms with Gasteiger partial charge in [0.05, 0.1) is 0 Å². The molecule has 2 heterocycles. The van der Waals surface area contributed by atoms with Crippen LogP contribution in [0.1, 0.15) is 30.8 Å². The van der Waals surface area contributed by atoms with Gasteiger partial charge in [-0.05, 0) is 38.0 Å². The van der Waals surface area contributed by atoms with Crippen molar-refractivity contribution in [1.82, 2.24) is 15.0 Å². The zero-order valence-corrected chi connectivity index (χ0v) is 15.7. The van der Waals surface area contributed by atoms with Gasteiger partial charge in [0, 0.05) is 24.9 Å². The minimum Gasteiger partial charge on any atom is -0.440 e. The van der Waals surface area contributed by atoms with E-state index in [4.69, 9.17) is 4.42 Å². The van der Waals surface area contributed by atoms with Crippen LogP contribution in [0.15, 0.2) is 22.6 Å². The molecule has 0 saturated heterocycles. The molecule has 0 radical (unpaired) electrons. The van der Waals surface area contributed by atoms with Gasteiger partial charge in [-0.15, -0.1) is 0 Å². The molecular formula is C18H18F3N5O2. The van der Waals surface area contributed by atoms with Crippen LogP contribution in [-0.4, -0.2) is 27.4 Å². The molecule has 0 spiro atoms. The molecule has 3 rings (SSSR count). The van der Waals surface area contributed by atoms with E-state index in [2.05, 4.69) is 20.3 Å². The summed E-state index contributed by atoms with van der Waals surface area (Å²) in [6.45, 7) is 6.95. The van der Waals surface area contributed by atoms with Crippen LogP contribution in [0, 0.1) is 13.8 Å². The Kier molecular flexibility index (Phi) is 4.97. The maximum absolute atomic E-state index is 13.2. The third kappa shape index (κ3) is 3.90. The summed E-state index contributed by atoms with van der Waals surface area (Å²) in [6, 6.07) is 5.55. The van der Waals surface area contributed by atoms with Gasteiger partial charge in [0.25, 0.3) is 0 Å². The second-order valence-corrected chi connectivity index (χ2v) is 6.28. The van der Waals surface area contributed by atoms with Gasteiger partial charge in [-0.1, -0.05) is 6.07 Å². The summed E-state index contributed by atoms with van der Waals surface area (Å²) < 4.78 is 45.5. The molecule has 0 bridgehead atoms. The van der Waals surface area contributed by atoms with Gasteiger partial charge in [0.15, 0.2) is 0 Å². The molecule has 10 heteroatoms. The fourth-order valence-corrected chi connectivity index (χ4v) is 2.83. The second kappa shape index (κ2) is 7.10. The number of benzene rings is 1. The topological polar surface area (TPSA) is 84.2 Å². The molecule has 28 heavy (non-hydrogen) atoms. The van der Waals surface area contributed by atoms with Gasteiger partial charge < -0.3 is 4.42 Å². The number of aromatic nitrogens is 3. The molecule has 0 unspecified atom stereocenters. The van der Waals surface area contributed by atoms with Crippen LogP contribution in [0.3, 0.4) is 0 Å². The number of furan rings is 1. The van der Waals surface area contributed by atoms with E-state index in [0.717, 1.165) is 23.4 Å². The Morgan fingerprint density at radius 2 is 1.89 bits per heavy atom. The van der Waals surface area contributed by atoms with Crippen molar-refractivity contribution in [2.45, 2.75) is 33.9 Å². The van der Waals surface area contributed by atoms with Crippen molar-refractivity contribution < 1.29 is 22.4 Å². The van der Waals surface area contributed by atoms with E-state index in [1.54, 1.807) is 13.0 Å². The van der Waals surface area contributed by atoms with E-state index < -0.39 is 23.9 Å². The molecule has 0 saturated carbocycles. The standard InChI is InChI=1S/C18H18F3N5O2/c1-5-26(14-8-12-10(3)6-9(2)7-13(12)28-14)17-24-15(18(19,20)21)23-16(25-17)22-11(4)27/h6-8H,5H2,1-4H3,(H,22,23,24,25,27). The first-order chi connectivity index (χ1) is 13.1. The predicted octanol–water partition coefficient (Wildman–Crippen LogP) is 4.37. The Hall–Kier alpha value is -3.17. The molecule has 0 atom stereocenters. The maximum Gasteiger partial charge on any atom is 0.451 e. The number of fused-ring (bicyclic) bond motifs is 1. The quantitative estimate of drug-likeness (QED) is 0.709. The van der Waals surface area contributed by atoms with Crippen LogP contribution in [0.2, 0.25) is 0 Å². The first kappa shape index (κ1) is 19.6. The van der Waals surface area contributed by atoms with E-state index in [1.807, 2.05) is 26.0 Å². The number of nitrogens with zero attached hydrogens (tertiary/aromatic N) is 4. The predicted molar refractivity (Wildman–Crippen MR) is 97.5 cm³/mol. The molecule has 0 aliphatic rings. The highest BCUT2D eigenvalue weighted by Gasteiger charge is 2.36. The van der Waals surface area contributed by atoms with Crippen molar-refractivity contribution >= 4 is 34.7 Å². The van der Waals surface area contributed by atoms with Crippen molar-refractivity contribution in [1.29, 1.82) is 0 Å². The lowest BCUT2D eigenvalue weighted by Crippen LogP contribution is -2.23. The molecule has 0 fully saturated rings. The van der Waals surface area contributed by atoms with Crippen molar-refractivity contribution in [2.75, 3.05) is 16.8 Å². The molecule has 3 aromatic rings. The summed E-state index contributed by atoms with van der Waals surface area (Å²) in [5, 5.41) is 3.01. The lowest BCUT2D eigenvalue weighted by molar-refractivity contribution is -0.145. The van der Waals surface area contributed by atoms with Crippen LogP contribution < -0.4 is 10.2 Å². The van der Waals surface area contributed by atoms with E-state index in [9.17, 15) is 18.0 Å². The molecule has 1 aromatic carbocycles. The van der Waals surface area contributed by atoms with E-state index >= 15 is 0 Å². The highest BCUT2D eigenvalue weighted by molar-refractivity contribution is 5.87. The number of alkyl halides is 3. The Morgan fingerprint density at radius 1 is 1.18 bits per heavy atom. The Morgan fingerprint density at radius 3 is 2.50 bits per heavy atom. The summed E-state index contributed by atoms with van der Waals surface area (Å²) in [6.07, 6.45) is -4.80. The lowest BCUT2D eigenvalue weighted by Gasteiger charge is -2.19. The van der Waals surface area contributed by atoms with Gasteiger partial charge >= 0.3 is 6.18 Å². The molecule has 1 N–H and O–H groups in total. The Bertz CT molecular complexity index is 1050. The van der Waals surface area contributed by atoms with Crippen LogP contribution in [-0.2, 0) is 11.0 Å². The van der Waals surface area contributed by atoms with Crippen LogP contribution >= 0.6 is 0 Å². The average Bonchev–Trinajstić information content (AvgIpc) is 2.97. The normalized spacial score (nSPS) is 11.7. The number of hydrogen-bond acceptors (Lipinski definition) is 6. The number of amides is 1. The number of rotatable bonds is 4. The zero-order valence-electron chi connectivity index (χ0n) is 15.7. The van der Waals surface area contributed by atoms with Crippen LogP contribution in [0.4, 0.5) is 31.0 Å². The molecule has 148 valence electrons. The number of hydrogen-bond donors (Lipinski definition) is 1.